The van der Waals surface area contributed by atoms with Gasteiger partial charge >= 0.3 is 0 Å². The van der Waals surface area contributed by atoms with E-state index in [2.05, 4.69) is 41.5 Å². The molecule has 1 aliphatic rings. The minimum atomic E-state index is -0.840. The number of hydrogen-bond acceptors (Lipinski definition) is 4. The molecule has 1 atom stereocenters. The first kappa shape index (κ1) is 27.5. The molecule has 0 aliphatic carbocycles. The van der Waals surface area contributed by atoms with Crippen LogP contribution in [0.4, 0.5) is 5.69 Å². The van der Waals surface area contributed by atoms with Crippen molar-refractivity contribution in [1.82, 2.24) is 0 Å². The average Bonchev–Trinajstić information content (AvgIpc) is 3.13. The van der Waals surface area contributed by atoms with Gasteiger partial charge in [0.2, 0.25) is 0 Å². The molecule has 1 aliphatic heterocycles. The van der Waals surface area contributed by atoms with E-state index in [1.807, 2.05) is 48.5 Å². The highest BCUT2D eigenvalue weighted by Gasteiger charge is 2.47. The molecule has 0 radical (unpaired) electrons. The summed E-state index contributed by atoms with van der Waals surface area (Å²) in [4.78, 5) is 28.5. The first-order valence-electron chi connectivity index (χ1n) is 12.6. The van der Waals surface area contributed by atoms with Crippen LogP contribution in [0.1, 0.15) is 69.8 Å². The molecule has 6 heteroatoms. The molecule has 1 amide bonds. The Morgan fingerprint density at radius 1 is 0.842 bits per heavy atom. The van der Waals surface area contributed by atoms with E-state index in [4.69, 9.17) is 16.3 Å². The van der Waals surface area contributed by atoms with Crippen molar-refractivity contribution < 1.29 is 19.4 Å². The van der Waals surface area contributed by atoms with Crippen LogP contribution < -0.4 is 9.64 Å². The zero-order valence-electron chi connectivity index (χ0n) is 22.9. The van der Waals surface area contributed by atoms with Crippen molar-refractivity contribution in [2.45, 2.75) is 58.4 Å². The zero-order chi connectivity index (χ0) is 28.0. The maximum absolute atomic E-state index is 13.5. The Balaban J connectivity index is 1.95. The van der Waals surface area contributed by atoms with Crippen LogP contribution in [0, 0.1) is 0 Å². The second-order valence-electron chi connectivity index (χ2n) is 11.7. The number of anilines is 1. The maximum atomic E-state index is 13.5. The van der Waals surface area contributed by atoms with Crippen molar-refractivity contribution in [3.8, 4) is 5.75 Å². The predicted molar refractivity (Wildman–Crippen MR) is 153 cm³/mol. The van der Waals surface area contributed by atoms with Gasteiger partial charge in [-0.3, -0.25) is 14.5 Å². The molecule has 198 valence electrons. The van der Waals surface area contributed by atoms with Crippen molar-refractivity contribution in [3.05, 3.63) is 99.6 Å². The van der Waals surface area contributed by atoms with Crippen molar-refractivity contribution >= 4 is 34.7 Å². The van der Waals surface area contributed by atoms with E-state index in [-0.39, 0.29) is 27.7 Å². The van der Waals surface area contributed by atoms with Gasteiger partial charge in [0, 0.05) is 10.7 Å². The third-order valence-electron chi connectivity index (χ3n) is 6.97. The molecule has 4 rings (SSSR count). The summed E-state index contributed by atoms with van der Waals surface area (Å²) in [5.41, 5.74) is 3.59. The third kappa shape index (κ3) is 5.08. The highest BCUT2D eigenvalue weighted by molar-refractivity contribution is 6.51. The average molecular weight is 532 g/mol. The molecule has 38 heavy (non-hydrogen) atoms. The van der Waals surface area contributed by atoms with E-state index in [1.54, 1.807) is 12.1 Å². The Morgan fingerprint density at radius 3 is 1.87 bits per heavy atom. The van der Waals surface area contributed by atoms with E-state index in [9.17, 15) is 14.7 Å². The van der Waals surface area contributed by atoms with E-state index in [1.165, 1.54) is 18.1 Å². The van der Waals surface area contributed by atoms with Gasteiger partial charge in [-0.05, 0) is 57.9 Å². The monoisotopic (exact) mass is 531 g/mol. The van der Waals surface area contributed by atoms with Crippen LogP contribution in [0.2, 0.25) is 5.02 Å². The van der Waals surface area contributed by atoms with Crippen LogP contribution in [0.15, 0.2) is 72.3 Å². The summed E-state index contributed by atoms with van der Waals surface area (Å²) in [6.45, 7) is 12.7. The Bertz CT molecular complexity index is 1410. The summed E-state index contributed by atoms with van der Waals surface area (Å²) in [5, 5.41) is 11.9. The predicted octanol–water partition coefficient (Wildman–Crippen LogP) is 7.57. The molecule has 3 aromatic rings. The minimum Gasteiger partial charge on any atom is -0.507 e. The van der Waals surface area contributed by atoms with Crippen molar-refractivity contribution in [2.75, 3.05) is 12.0 Å². The number of amides is 1. The van der Waals surface area contributed by atoms with Crippen LogP contribution in [0.5, 0.6) is 5.75 Å². The normalized spacial score (nSPS) is 17.7. The minimum absolute atomic E-state index is 0.0148. The van der Waals surface area contributed by atoms with Gasteiger partial charge in [-0.1, -0.05) is 89.5 Å². The Morgan fingerprint density at radius 2 is 1.37 bits per heavy atom. The molecule has 1 unspecified atom stereocenters. The summed E-state index contributed by atoms with van der Waals surface area (Å²) >= 11 is 6.23. The Hall–Kier alpha value is -3.57. The van der Waals surface area contributed by atoms with Crippen LogP contribution in [0.25, 0.3) is 5.76 Å². The van der Waals surface area contributed by atoms with Gasteiger partial charge in [0.05, 0.1) is 24.3 Å². The fourth-order valence-corrected chi connectivity index (χ4v) is 4.88. The van der Waals surface area contributed by atoms with Gasteiger partial charge in [-0.25, -0.2) is 0 Å². The molecular formula is C32H34ClNO4. The number of rotatable bonds is 4. The number of ether oxygens (including phenoxy) is 1. The smallest absolute Gasteiger partial charge is 0.300 e. The van der Waals surface area contributed by atoms with Crippen molar-refractivity contribution in [1.29, 1.82) is 0 Å². The highest BCUT2D eigenvalue weighted by Crippen LogP contribution is 2.44. The molecule has 3 aromatic carbocycles. The first-order chi connectivity index (χ1) is 17.7. The van der Waals surface area contributed by atoms with Crippen LogP contribution in [-0.2, 0) is 20.4 Å². The van der Waals surface area contributed by atoms with E-state index >= 15 is 0 Å². The van der Waals surface area contributed by atoms with Crippen LogP contribution in [0.3, 0.4) is 0 Å². The zero-order valence-corrected chi connectivity index (χ0v) is 23.7. The lowest BCUT2D eigenvalue weighted by atomic mass is 9.85. The van der Waals surface area contributed by atoms with E-state index < -0.39 is 17.7 Å². The topological polar surface area (TPSA) is 66.8 Å². The number of carbonyl (C=O) groups excluding carboxylic acids is 2. The number of hydrogen-bond donors (Lipinski definition) is 1. The number of methoxy groups -OCH3 is 1. The van der Waals surface area contributed by atoms with Gasteiger partial charge in [0.25, 0.3) is 11.7 Å². The quantitative estimate of drug-likeness (QED) is 0.214. The lowest BCUT2D eigenvalue weighted by Gasteiger charge is -2.27. The largest absolute Gasteiger partial charge is 0.507 e. The molecule has 0 bridgehead atoms. The fraction of sp³-hybridized carbons (Fsp3) is 0.312. The second kappa shape index (κ2) is 9.95. The number of ketones is 1. The van der Waals surface area contributed by atoms with Gasteiger partial charge in [0.15, 0.2) is 0 Å². The Kier molecular flexibility index (Phi) is 7.19. The lowest BCUT2D eigenvalue weighted by Crippen LogP contribution is -2.29. The SMILES string of the molecule is COc1ccc(Cl)cc1/C(O)=C1\C(=O)C(=O)N(c2ccc(C(C)(C)C)cc2)C1c1ccc(C(C)(C)C)cc1. The molecule has 1 saturated heterocycles. The van der Waals surface area contributed by atoms with Crippen molar-refractivity contribution in [2.24, 2.45) is 0 Å². The van der Waals surface area contributed by atoms with Crippen LogP contribution in [-0.4, -0.2) is 23.9 Å². The number of carbonyl (C=O) groups is 2. The first-order valence-corrected chi connectivity index (χ1v) is 13.0. The number of halogens is 1. The fourth-order valence-electron chi connectivity index (χ4n) is 4.71. The molecule has 5 nitrogen and oxygen atoms in total. The molecule has 0 saturated carbocycles. The standard InChI is InChI=1S/C32H34ClNO4/c1-31(2,3)20-10-8-19(9-11-20)27-26(28(35)24-18-22(33)14-17-25(24)38-7)29(36)30(37)34(27)23-15-12-21(13-16-23)32(4,5)6/h8-18,27,35H,1-7H3/b28-26+. The molecular weight excluding hydrogens is 498 g/mol. The highest BCUT2D eigenvalue weighted by atomic mass is 35.5. The molecule has 0 spiro atoms. The second-order valence-corrected chi connectivity index (χ2v) is 12.1. The summed E-state index contributed by atoms with van der Waals surface area (Å²) < 4.78 is 5.43. The lowest BCUT2D eigenvalue weighted by molar-refractivity contribution is -0.132. The number of aliphatic hydroxyl groups excluding tert-OH is 1. The number of aliphatic hydroxyl groups is 1. The summed E-state index contributed by atoms with van der Waals surface area (Å²) in [6, 6.07) is 19.4. The van der Waals surface area contributed by atoms with Gasteiger partial charge in [-0.2, -0.15) is 0 Å². The summed E-state index contributed by atoms with van der Waals surface area (Å²) in [7, 11) is 1.47. The molecule has 1 N–H and O–H groups in total. The van der Waals surface area contributed by atoms with Gasteiger partial charge in [0.1, 0.15) is 11.5 Å². The molecule has 1 heterocycles. The number of benzene rings is 3. The summed E-state index contributed by atoms with van der Waals surface area (Å²) in [6.07, 6.45) is 0. The number of Topliss-reactive ketones (excluding diaryl/α,β-unsaturated/α-hetero) is 1. The Labute approximate surface area is 229 Å². The van der Waals surface area contributed by atoms with Crippen LogP contribution >= 0.6 is 11.6 Å². The van der Waals surface area contributed by atoms with E-state index in [0.29, 0.717) is 22.0 Å². The molecule has 0 aromatic heterocycles. The van der Waals surface area contributed by atoms with Gasteiger partial charge in [-0.15, -0.1) is 0 Å². The van der Waals surface area contributed by atoms with Crippen molar-refractivity contribution in [3.63, 3.8) is 0 Å². The molecule has 1 fully saturated rings. The maximum Gasteiger partial charge on any atom is 0.300 e. The van der Waals surface area contributed by atoms with Gasteiger partial charge < -0.3 is 9.84 Å². The van der Waals surface area contributed by atoms with E-state index in [0.717, 1.165) is 11.1 Å². The summed E-state index contributed by atoms with van der Waals surface area (Å²) in [5.74, 6) is -1.47. The third-order valence-corrected chi connectivity index (χ3v) is 7.20. The number of nitrogens with zero attached hydrogens (tertiary/aromatic N) is 1.